The molecule has 2 bridgehead atoms. The van der Waals surface area contributed by atoms with Gasteiger partial charge < -0.3 is 25.3 Å². The van der Waals surface area contributed by atoms with Crippen LogP contribution in [0.1, 0.15) is 44.1 Å². The number of para-hydroxylation sites is 1. The van der Waals surface area contributed by atoms with Crippen LogP contribution < -0.4 is 20.7 Å². The molecule has 0 spiro atoms. The average molecular weight is 532 g/mol. The summed E-state index contributed by atoms with van der Waals surface area (Å²) in [5, 5.41) is 4.31. The Morgan fingerprint density at radius 2 is 1.87 bits per heavy atom. The number of nitrogen functional groups attached to an aromatic ring is 1. The highest BCUT2D eigenvalue weighted by atomic mass is 32.1. The summed E-state index contributed by atoms with van der Waals surface area (Å²) in [5.41, 5.74) is 9.77. The number of rotatable bonds is 6. The SMILES string of the molecule is Nc1nc2c(Cn3cnc4c(OCC56CCCN5CCC6)nc(N5CC6CCC(C5)N6)nc43)cccc2s1. The lowest BCUT2D eigenvalue weighted by atomic mass is 9.95. The highest BCUT2D eigenvalue weighted by Crippen LogP contribution is 2.40. The molecule has 2 unspecified atom stereocenters. The van der Waals surface area contributed by atoms with E-state index in [1.807, 2.05) is 6.33 Å². The van der Waals surface area contributed by atoms with Crippen molar-refractivity contribution in [3.8, 4) is 5.88 Å². The molecule has 198 valence electrons. The third kappa shape index (κ3) is 3.74. The van der Waals surface area contributed by atoms with Crippen molar-refractivity contribution in [3.05, 3.63) is 30.1 Å². The van der Waals surface area contributed by atoms with Crippen LogP contribution in [-0.4, -0.2) is 79.8 Å². The van der Waals surface area contributed by atoms with Crippen LogP contribution in [-0.2, 0) is 6.54 Å². The number of benzene rings is 1. The Hall–Kier alpha value is -3.02. The molecule has 7 heterocycles. The van der Waals surface area contributed by atoms with Crippen molar-refractivity contribution < 1.29 is 4.74 Å². The van der Waals surface area contributed by atoms with E-state index in [1.54, 1.807) is 0 Å². The molecule has 4 aliphatic heterocycles. The van der Waals surface area contributed by atoms with Crippen molar-refractivity contribution in [2.75, 3.05) is 43.4 Å². The Morgan fingerprint density at radius 3 is 2.68 bits per heavy atom. The monoisotopic (exact) mass is 531 g/mol. The molecule has 11 heteroatoms. The third-order valence-corrected chi connectivity index (χ3v) is 9.92. The zero-order valence-electron chi connectivity index (χ0n) is 21.5. The number of hydrogen-bond acceptors (Lipinski definition) is 10. The molecule has 0 saturated carbocycles. The van der Waals surface area contributed by atoms with Crippen molar-refractivity contribution in [1.29, 1.82) is 0 Å². The third-order valence-electron chi connectivity index (χ3n) is 9.07. The van der Waals surface area contributed by atoms with Gasteiger partial charge in [0.2, 0.25) is 11.8 Å². The minimum atomic E-state index is 0.147. The largest absolute Gasteiger partial charge is 0.474 e. The summed E-state index contributed by atoms with van der Waals surface area (Å²) in [6, 6.07) is 7.24. The molecular weight excluding hydrogens is 498 g/mol. The summed E-state index contributed by atoms with van der Waals surface area (Å²) in [5.74, 6) is 1.36. The lowest BCUT2D eigenvalue weighted by Gasteiger charge is -2.33. The number of fused-ring (bicyclic) bond motifs is 5. The predicted molar refractivity (Wildman–Crippen MR) is 149 cm³/mol. The van der Waals surface area contributed by atoms with Crippen molar-refractivity contribution in [2.24, 2.45) is 0 Å². The van der Waals surface area contributed by atoms with Crippen LogP contribution in [0.4, 0.5) is 11.1 Å². The highest BCUT2D eigenvalue weighted by Gasteiger charge is 2.45. The van der Waals surface area contributed by atoms with Gasteiger partial charge in [-0.15, -0.1) is 0 Å². The summed E-state index contributed by atoms with van der Waals surface area (Å²) in [6.07, 6.45) is 9.18. The smallest absolute Gasteiger partial charge is 0.247 e. The van der Waals surface area contributed by atoms with E-state index in [4.69, 9.17) is 25.4 Å². The van der Waals surface area contributed by atoms with E-state index < -0.39 is 0 Å². The van der Waals surface area contributed by atoms with Crippen LogP contribution in [0.25, 0.3) is 21.4 Å². The minimum absolute atomic E-state index is 0.147. The molecule has 8 rings (SSSR count). The van der Waals surface area contributed by atoms with E-state index >= 15 is 0 Å². The maximum atomic E-state index is 6.61. The van der Waals surface area contributed by atoms with Gasteiger partial charge in [0.15, 0.2) is 16.3 Å². The van der Waals surface area contributed by atoms with Gasteiger partial charge in [0, 0.05) is 25.2 Å². The topological polar surface area (TPSA) is 110 Å². The molecule has 1 aromatic carbocycles. The molecule has 2 atom stereocenters. The quantitative estimate of drug-likeness (QED) is 0.388. The Balaban J connectivity index is 1.18. The Morgan fingerprint density at radius 1 is 1.05 bits per heavy atom. The van der Waals surface area contributed by atoms with Gasteiger partial charge in [0.25, 0.3) is 0 Å². The highest BCUT2D eigenvalue weighted by molar-refractivity contribution is 7.22. The molecule has 3 aromatic heterocycles. The lowest BCUT2D eigenvalue weighted by molar-refractivity contribution is 0.111. The molecule has 38 heavy (non-hydrogen) atoms. The number of ether oxygens (including phenoxy) is 1. The summed E-state index contributed by atoms with van der Waals surface area (Å²) in [6.45, 7) is 5.47. The molecule has 0 amide bonds. The van der Waals surface area contributed by atoms with E-state index in [1.165, 1.54) is 63.0 Å². The van der Waals surface area contributed by atoms with Crippen LogP contribution in [0, 0.1) is 0 Å². The average Bonchev–Trinajstić information content (AvgIpc) is 3.72. The van der Waals surface area contributed by atoms with Gasteiger partial charge in [-0.05, 0) is 63.2 Å². The maximum absolute atomic E-state index is 6.61. The molecule has 10 nitrogen and oxygen atoms in total. The summed E-state index contributed by atoms with van der Waals surface area (Å²) >= 11 is 1.52. The molecule has 0 radical (unpaired) electrons. The summed E-state index contributed by atoms with van der Waals surface area (Å²) in [7, 11) is 0. The first-order valence-corrected chi connectivity index (χ1v) is 14.7. The molecule has 4 aromatic rings. The number of aromatic nitrogens is 5. The normalized spacial score (nSPS) is 24.6. The van der Waals surface area contributed by atoms with Gasteiger partial charge in [-0.1, -0.05) is 23.5 Å². The van der Waals surface area contributed by atoms with Crippen LogP contribution in [0.2, 0.25) is 0 Å². The van der Waals surface area contributed by atoms with Crippen molar-refractivity contribution in [3.63, 3.8) is 0 Å². The van der Waals surface area contributed by atoms with E-state index in [0.29, 0.717) is 36.2 Å². The van der Waals surface area contributed by atoms with E-state index in [9.17, 15) is 0 Å². The second kappa shape index (κ2) is 8.75. The fourth-order valence-electron chi connectivity index (χ4n) is 7.22. The molecule has 3 N–H and O–H groups in total. The van der Waals surface area contributed by atoms with Crippen LogP contribution in [0.3, 0.4) is 0 Å². The van der Waals surface area contributed by atoms with Crippen LogP contribution in [0.15, 0.2) is 24.5 Å². The standard InChI is InChI=1S/C27H33N9OS/c28-25-31-21-17(4-1-5-20(21)38-25)12-35-16-29-22-23(35)32-26(34-13-18-6-7-19(14-34)30-18)33-24(22)37-15-27-8-2-10-36(27)11-3-9-27/h1,4-5,16,18-19,30H,2-3,6-15H2,(H2,28,31). The zero-order chi connectivity index (χ0) is 25.3. The second-order valence-corrected chi connectivity index (χ2v) is 12.5. The van der Waals surface area contributed by atoms with Crippen LogP contribution in [0.5, 0.6) is 5.88 Å². The fourth-order valence-corrected chi connectivity index (χ4v) is 8.01. The lowest BCUT2D eigenvalue weighted by Crippen LogP contribution is -2.51. The minimum Gasteiger partial charge on any atom is -0.474 e. The molecular formula is C27H33N9OS. The van der Waals surface area contributed by atoms with E-state index in [2.05, 4.69) is 42.9 Å². The number of piperazine rings is 1. The van der Waals surface area contributed by atoms with E-state index in [-0.39, 0.29) is 5.54 Å². The van der Waals surface area contributed by atoms with Crippen molar-refractivity contribution in [2.45, 2.75) is 62.7 Å². The molecule has 4 fully saturated rings. The van der Waals surface area contributed by atoms with Gasteiger partial charge in [0.05, 0.1) is 28.6 Å². The zero-order valence-corrected chi connectivity index (χ0v) is 22.3. The summed E-state index contributed by atoms with van der Waals surface area (Å²) < 4.78 is 9.80. The fraction of sp³-hybridized carbons (Fsp3) is 0.556. The van der Waals surface area contributed by atoms with E-state index in [0.717, 1.165) is 46.0 Å². The Bertz CT molecular complexity index is 1490. The second-order valence-electron chi connectivity index (χ2n) is 11.4. The van der Waals surface area contributed by atoms with Gasteiger partial charge in [-0.25, -0.2) is 9.97 Å². The Kier molecular flexibility index (Phi) is 5.28. The molecule has 0 aliphatic carbocycles. The number of thiazole rings is 1. The van der Waals surface area contributed by atoms with Crippen molar-refractivity contribution in [1.82, 2.24) is 34.7 Å². The maximum Gasteiger partial charge on any atom is 0.247 e. The van der Waals surface area contributed by atoms with Crippen molar-refractivity contribution >= 4 is 43.8 Å². The predicted octanol–water partition coefficient (Wildman–Crippen LogP) is 3.01. The first-order valence-electron chi connectivity index (χ1n) is 13.9. The number of imidazole rings is 1. The Labute approximate surface area is 225 Å². The van der Waals surface area contributed by atoms with Gasteiger partial charge >= 0.3 is 0 Å². The molecule has 4 saturated heterocycles. The van der Waals surface area contributed by atoms with Gasteiger partial charge in [0.1, 0.15) is 6.61 Å². The number of hydrogen-bond donors (Lipinski definition) is 2. The number of nitrogens with one attached hydrogen (secondary N) is 1. The van der Waals surface area contributed by atoms with Gasteiger partial charge in [-0.2, -0.15) is 9.97 Å². The number of nitrogens with zero attached hydrogens (tertiary/aromatic N) is 7. The molecule has 4 aliphatic rings. The number of nitrogens with two attached hydrogens (primary N) is 1. The first kappa shape index (κ1) is 22.9. The summed E-state index contributed by atoms with van der Waals surface area (Å²) in [4.78, 5) is 24.4. The number of anilines is 2. The van der Waals surface area contributed by atoms with Gasteiger partial charge in [-0.3, -0.25) is 4.90 Å². The first-order chi connectivity index (χ1) is 18.6. The van der Waals surface area contributed by atoms with Crippen LogP contribution >= 0.6 is 11.3 Å².